The average molecular weight is 525 g/mol. The van der Waals surface area contributed by atoms with Crippen molar-refractivity contribution in [2.24, 2.45) is 0 Å². The van der Waals surface area contributed by atoms with E-state index in [1.165, 1.54) is 12.7 Å². The molecule has 0 aliphatic heterocycles. The molecule has 0 aliphatic rings. The number of hydrogen-bond donors (Lipinski definition) is 0. The first-order chi connectivity index (χ1) is 16.0. The molecule has 4 nitrogen and oxygen atoms in total. The van der Waals surface area contributed by atoms with Crippen molar-refractivity contribution in [3.05, 3.63) is 86.9 Å². The molecule has 3 aromatic rings. The maximum Gasteiger partial charge on any atom is 0.339 e. The fraction of sp³-hybridized carbons (Fsp3) is 0.345. The van der Waals surface area contributed by atoms with E-state index in [-0.39, 0.29) is 0 Å². The topological polar surface area (TPSA) is 44.8 Å². The third-order valence-corrected chi connectivity index (χ3v) is 6.39. The highest BCUT2D eigenvalue weighted by Crippen LogP contribution is 2.42. The molecule has 1 atom stereocenters. The summed E-state index contributed by atoms with van der Waals surface area (Å²) in [5.74, 6) is 0.277. The molecule has 0 radical (unpaired) electrons. The van der Waals surface area contributed by atoms with Crippen LogP contribution in [0.1, 0.15) is 54.7 Å². The number of esters is 1. The van der Waals surface area contributed by atoms with Crippen LogP contribution in [0.4, 0.5) is 0 Å². The van der Waals surface area contributed by atoms with Crippen molar-refractivity contribution in [2.45, 2.75) is 59.9 Å². The lowest BCUT2D eigenvalue weighted by Crippen LogP contribution is -2.29. The Morgan fingerprint density at radius 1 is 1.00 bits per heavy atom. The summed E-state index contributed by atoms with van der Waals surface area (Å²) in [4.78, 5) is 13.0. The minimum atomic E-state index is -0.896. The van der Waals surface area contributed by atoms with Gasteiger partial charge in [-0.2, -0.15) is 0 Å². The van der Waals surface area contributed by atoms with E-state index in [0.717, 1.165) is 37.9 Å². The van der Waals surface area contributed by atoms with Crippen molar-refractivity contribution in [1.82, 2.24) is 0 Å². The van der Waals surface area contributed by atoms with E-state index in [2.05, 4.69) is 47.1 Å². The van der Waals surface area contributed by atoms with E-state index in [0.29, 0.717) is 12.4 Å². The van der Waals surface area contributed by atoms with Crippen LogP contribution in [0, 0.1) is 20.8 Å². The molecule has 0 aliphatic carbocycles. The van der Waals surface area contributed by atoms with Crippen molar-refractivity contribution in [1.29, 1.82) is 0 Å². The van der Waals surface area contributed by atoms with Crippen molar-refractivity contribution in [2.75, 3.05) is 7.11 Å². The first-order valence-corrected chi connectivity index (χ1v) is 12.1. The average Bonchev–Trinajstić information content (AvgIpc) is 2.78. The molecule has 3 rings (SSSR count). The zero-order valence-corrected chi connectivity index (χ0v) is 22.6. The summed E-state index contributed by atoms with van der Waals surface area (Å²) in [5, 5.41) is 0. The molecular weight excluding hydrogens is 492 g/mol. The number of carbonyl (C=O) groups excluding carboxylic acids is 1. The van der Waals surface area contributed by atoms with Gasteiger partial charge in [0.1, 0.15) is 12.4 Å². The van der Waals surface area contributed by atoms with Crippen LogP contribution in [0.25, 0.3) is 11.1 Å². The van der Waals surface area contributed by atoms with Gasteiger partial charge in [0, 0.05) is 15.6 Å². The number of ether oxygens (including phenoxy) is 3. The van der Waals surface area contributed by atoms with Gasteiger partial charge in [0.05, 0.1) is 12.7 Å². The lowest BCUT2D eigenvalue weighted by atomic mass is 9.87. The van der Waals surface area contributed by atoms with E-state index in [4.69, 9.17) is 14.2 Å². The number of halogens is 1. The van der Waals surface area contributed by atoms with Crippen molar-refractivity contribution < 1.29 is 19.0 Å². The second kappa shape index (κ2) is 10.7. The highest BCUT2D eigenvalue weighted by atomic mass is 79.9. The quantitative estimate of drug-likeness (QED) is 0.297. The summed E-state index contributed by atoms with van der Waals surface area (Å²) in [6, 6.07) is 18.3. The van der Waals surface area contributed by atoms with E-state index in [9.17, 15) is 4.79 Å². The number of hydrogen-bond acceptors (Lipinski definition) is 4. The Balaban J connectivity index is 2.19. The molecule has 0 saturated heterocycles. The summed E-state index contributed by atoms with van der Waals surface area (Å²) in [6.45, 7) is 12.3. The predicted octanol–water partition coefficient (Wildman–Crippen LogP) is 7.65. The van der Waals surface area contributed by atoms with Crippen LogP contribution in [-0.4, -0.2) is 18.7 Å². The fourth-order valence-electron chi connectivity index (χ4n) is 3.95. The maximum absolute atomic E-state index is 13.0. The smallest absolute Gasteiger partial charge is 0.339 e. The minimum Gasteiger partial charge on any atom is -0.489 e. The van der Waals surface area contributed by atoms with Gasteiger partial charge in [0.15, 0.2) is 6.10 Å². The molecule has 180 valence electrons. The number of methoxy groups -OCH3 is 1. The Morgan fingerprint density at radius 3 is 2.24 bits per heavy atom. The first-order valence-electron chi connectivity index (χ1n) is 11.3. The third-order valence-electron chi connectivity index (χ3n) is 5.61. The molecule has 0 heterocycles. The second-order valence-electron chi connectivity index (χ2n) is 9.48. The summed E-state index contributed by atoms with van der Waals surface area (Å²) in [6.07, 6.45) is -0.896. The molecule has 0 bridgehead atoms. The van der Waals surface area contributed by atoms with Crippen LogP contribution in [0.5, 0.6) is 5.75 Å². The van der Waals surface area contributed by atoms with Crippen molar-refractivity contribution in [3.63, 3.8) is 0 Å². The fourth-order valence-corrected chi connectivity index (χ4v) is 4.35. The van der Waals surface area contributed by atoms with Gasteiger partial charge in [-0.05, 0) is 75.9 Å². The monoisotopic (exact) mass is 524 g/mol. The Bertz CT molecular complexity index is 1160. The number of aryl methyl sites for hydroxylation is 2. The minimum absolute atomic E-state index is 0.397. The lowest BCUT2D eigenvalue weighted by Gasteiger charge is -2.30. The maximum atomic E-state index is 13.0. The largest absolute Gasteiger partial charge is 0.489 e. The van der Waals surface area contributed by atoms with E-state index >= 15 is 0 Å². The molecule has 0 N–H and O–H groups in total. The van der Waals surface area contributed by atoms with E-state index < -0.39 is 17.7 Å². The Morgan fingerprint density at radius 2 is 1.65 bits per heavy atom. The van der Waals surface area contributed by atoms with Crippen LogP contribution in [-0.2, 0) is 20.9 Å². The number of benzene rings is 3. The van der Waals surface area contributed by atoms with E-state index in [1.807, 2.05) is 65.0 Å². The molecule has 0 saturated carbocycles. The summed E-state index contributed by atoms with van der Waals surface area (Å²) in [5.41, 5.74) is 6.26. The SMILES string of the molecule is COC(=O)[C@@H](OC(C)(C)C)c1c(C)c(OCc2ccccc2Br)cc(C)c1-c1ccc(C)cc1. The number of carbonyl (C=O) groups is 1. The summed E-state index contributed by atoms with van der Waals surface area (Å²) < 4.78 is 18.8. The molecule has 3 aromatic carbocycles. The standard InChI is InChI=1S/C29H33BrO4/c1-18-12-14-21(15-13-18)25-19(2)16-24(33-17-22-10-8-9-11-23(22)30)20(3)26(25)27(28(31)32-7)34-29(4,5)6/h8-16,27H,17H2,1-7H3/t27-/m0/s1. The second-order valence-corrected chi connectivity index (χ2v) is 10.3. The summed E-state index contributed by atoms with van der Waals surface area (Å²) in [7, 11) is 1.39. The molecule has 0 aromatic heterocycles. The Labute approximate surface area is 211 Å². The zero-order valence-electron chi connectivity index (χ0n) is 21.0. The molecule has 0 spiro atoms. The van der Waals surface area contributed by atoms with Gasteiger partial charge in [0.25, 0.3) is 0 Å². The first kappa shape index (κ1) is 26.0. The van der Waals surface area contributed by atoms with Crippen LogP contribution in [0.3, 0.4) is 0 Å². The van der Waals surface area contributed by atoms with Crippen LogP contribution < -0.4 is 4.74 Å². The third kappa shape index (κ3) is 6.08. The van der Waals surface area contributed by atoms with Crippen LogP contribution >= 0.6 is 15.9 Å². The molecule has 0 amide bonds. The Kier molecular flexibility index (Phi) is 8.21. The van der Waals surface area contributed by atoms with Gasteiger partial charge in [-0.1, -0.05) is 64.0 Å². The van der Waals surface area contributed by atoms with Gasteiger partial charge >= 0.3 is 5.97 Å². The molecule has 34 heavy (non-hydrogen) atoms. The van der Waals surface area contributed by atoms with Gasteiger partial charge in [-0.25, -0.2) is 4.79 Å². The van der Waals surface area contributed by atoms with Crippen molar-refractivity contribution >= 4 is 21.9 Å². The predicted molar refractivity (Wildman–Crippen MR) is 140 cm³/mol. The van der Waals surface area contributed by atoms with Crippen molar-refractivity contribution in [3.8, 4) is 16.9 Å². The zero-order chi connectivity index (χ0) is 25.0. The van der Waals surface area contributed by atoms with Gasteiger partial charge in [-0.3, -0.25) is 0 Å². The normalized spacial score (nSPS) is 12.4. The van der Waals surface area contributed by atoms with Gasteiger partial charge in [-0.15, -0.1) is 0 Å². The highest BCUT2D eigenvalue weighted by molar-refractivity contribution is 9.10. The van der Waals surface area contributed by atoms with Crippen LogP contribution in [0.2, 0.25) is 0 Å². The Hall–Kier alpha value is -2.63. The molecule has 0 unspecified atom stereocenters. The van der Waals surface area contributed by atoms with Crippen LogP contribution in [0.15, 0.2) is 59.1 Å². The molecule has 0 fully saturated rings. The highest BCUT2D eigenvalue weighted by Gasteiger charge is 2.33. The van der Waals surface area contributed by atoms with Gasteiger partial charge in [0.2, 0.25) is 0 Å². The lowest BCUT2D eigenvalue weighted by molar-refractivity contribution is -0.164. The van der Waals surface area contributed by atoms with Gasteiger partial charge < -0.3 is 14.2 Å². The summed E-state index contributed by atoms with van der Waals surface area (Å²) >= 11 is 3.59. The molecular formula is C29H33BrO4. The van der Waals surface area contributed by atoms with E-state index in [1.54, 1.807) is 0 Å². The number of rotatable bonds is 7. The molecule has 5 heteroatoms.